The third-order valence-electron chi connectivity index (χ3n) is 5.05. The summed E-state index contributed by atoms with van der Waals surface area (Å²) in [5, 5.41) is 7.09. The molecule has 2 heterocycles. The molecular formula is C21H24N2O4S. The van der Waals surface area contributed by atoms with E-state index in [9.17, 15) is 9.59 Å². The second kappa shape index (κ2) is 8.32. The zero-order chi connectivity index (χ0) is 19.5. The number of amides is 1. The Morgan fingerprint density at radius 1 is 1.32 bits per heavy atom. The first-order chi connectivity index (χ1) is 13.7. The van der Waals surface area contributed by atoms with Crippen LogP contribution < -0.4 is 10.6 Å². The van der Waals surface area contributed by atoms with Crippen molar-refractivity contribution in [1.29, 1.82) is 0 Å². The standard InChI is InChI=1S/C21H24N2O4S/c1-2-26-12-6-11-22-18(24)17-15-9-5-10-16(15)28-20(17)23-19-13-7-3-4-8-14(13)21(25)27-19/h3-4,7-8,19,23H,2,5-6,9-12H2,1H3,(H,22,24). The Kier molecular flexibility index (Phi) is 5.64. The number of hydrogen-bond acceptors (Lipinski definition) is 6. The molecule has 7 heteroatoms. The lowest BCUT2D eigenvalue weighted by Crippen LogP contribution is -2.27. The van der Waals surface area contributed by atoms with Crippen molar-refractivity contribution in [2.75, 3.05) is 25.1 Å². The fraction of sp³-hybridized carbons (Fsp3) is 0.429. The fourth-order valence-corrected chi connectivity index (χ4v) is 5.03. The summed E-state index contributed by atoms with van der Waals surface area (Å²) >= 11 is 1.60. The van der Waals surface area contributed by atoms with E-state index in [2.05, 4.69) is 10.6 Å². The van der Waals surface area contributed by atoms with Gasteiger partial charge in [-0.2, -0.15) is 0 Å². The maximum atomic E-state index is 12.9. The average molecular weight is 401 g/mol. The van der Waals surface area contributed by atoms with E-state index in [4.69, 9.17) is 9.47 Å². The lowest BCUT2D eigenvalue weighted by atomic mass is 10.1. The molecule has 148 valence electrons. The highest BCUT2D eigenvalue weighted by molar-refractivity contribution is 7.16. The number of fused-ring (bicyclic) bond motifs is 2. The summed E-state index contributed by atoms with van der Waals surface area (Å²) in [5.74, 6) is -0.407. The number of anilines is 1. The summed E-state index contributed by atoms with van der Waals surface area (Å²) in [4.78, 5) is 26.3. The number of cyclic esters (lactones) is 1. The Morgan fingerprint density at radius 2 is 2.18 bits per heavy atom. The predicted octanol–water partition coefficient (Wildman–Crippen LogP) is 3.67. The molecule has 1 aliphatic heterocycles. The molecule has 1 amide bonds. The highest BCUT2D eigenvalue weighted by Crippen LogP contribution is 2.42. The normalized spacial score (nSPS) is 17.2. The minimum Gasteiger partial charge on any atom is -0.434 e. The zero-order valence-corrected chi connectivity index (χ0v) is 16.7. The highest BCUT2D eigenvalue weighted by Gasteiger charge is 2.33. The largest absolute Gasteiger partial charge is 0.434 e. The molecule has 2 N–H and O–H groups in total. The van der Waals surface area contributed by atoms with Gasteiger partial charge in [-0.05, 0) is 44.2 Å². The molecule has 0 radical (unpaired) electrons. The molecular weight excluding hydrogens is 376 g/mol. The summed E-state index contributed by atoms with van der Waals surface area (Å²) in [7, 11) is 0. The van der Waals surface area contributed by atoms with Crippen molar-refractivity contribution >= 4 is 28.2 Å². The summed E-state index contributed by atoms with van der Waals surface area (Å²) < 4.78 is 10.8. The van der Waals surface area contributed by atoms with Gasteiger partial charge < -0.3 is 20.1 Å². The molecule has 28 heavy (non-hydrogen) atoms. The van der Waals surface area contributed by atoms with Gasteiger partial charge in [0.15, 0.2) is 0 Å². The molecule has 0 saturated heterocycles. The Morgan fingerprint density at radius 3 is 3.04 bits per heavy atom. The second-order valence-electron chi connectivity index (χ2n) is 6.88. The van der Waals surface area contributed by atoms with Crippen molar-refractivity contribution in [3.8, 4) is 0 Å². The molecule has 1 aromatic carbocycles. The van der Waals surface area contributed by atoms with Crippen molar-refractivity contribution in [1.82, 2.24) is 5.32 Å². The molecule has 2 aromatic rings. The number of thiophene rings is 1. The van der Waals surface area contributed by atoms with Crippen LogP contribution in [0.1, 0.15) is 62.7 Å². The van der Waals surface area contributed by atoms with Gasteiger partial charge in [0.1, 0.15) is 5.00 Å². The molecule has 0 fully saturated rings. The maximum absolute atomic E-state index is 12.9. The summed E-state index contributed by atoms with van der Waals surface area (Å²) in [6, 6.07) is 7.35. The Balaban J connectivity index is 1.52. The second-order valence-corrected chi connectivity index (χ2v) is 7.99. The monoisotopic (exact) mass is 400 g/mol. The van der Waals surface area contributed by atoms with Crippen LogP contribution in [-0.2, 0) is 22.3 Å². The van der Waals surface area contributed by atoms with Crippen LogP contribution in [0.15, 0.2) is 24.3 Å². The van der Waals surface area contributed by atoms with Crippen molar-refractivity contribution in [3.05, 3.63) is 51.4 Å². The van der Waals surface area contributed by atoms with Crippen LogP contribution in [0, 0.1) is 0 Å². The van der Waals surface area contributed by atoms with E-state index in [1.807, 2.05) is 25.1 Å². The van der Waals surface area contributed by atoms with E-state index in [1.54, 1.807) is 17.4 Å². The number of ether oxygens (including phenoxy) is 2. The van der Waals surface area contributed by atoms with Crippen LogP contribution in [0.3, 0.4) is 0 Å². The van der Waals surface area contributed by atoms with Crippen molar-refractivity contribution in [2.24, 2.45) is 0 Å². The van der Waals surface area contributed by atoms with E-state index in [1.165, 1.54) is 4.88 Å². The number of aryl methyl sites for hydroxylation is 1. The van der Waals surface area contributed by atoms with Crippen molar-refractivity contribution in [2.45, 2.75) is 38.8 Å². The van der Waals surface area contributed by atoms with Gasteiger partial charge >= 0.3 is 5.97 Å². The minimum atomic E-state index is -0.563. The summed E-state index contributed by atoms with van der Waals surface area (Å²) in [5.41, 5.74) is 3.22. The molecule has 1 atom stereocenters. The first-order valence-electron chi connectivity index (χ1n) is 9.76. The van der Waals surface area contributed by atoms with E-state index in [-0.39, 0.29) is 11.9 Å². The lowest BCUT2D eigenvalue weighted by molar-refractivity contribution is 0.0437. The number of carbonyl (C=O) groups excluding carboxylic acids is 2. The number of benzene rings is 1. The fourth-order valence-electron chi connectivity index (χ4n) is 3.73. The molecule has 0 bridgehead atoms. The Hall–Kier alpha value is -2.38. The van der Waals surface area contributed by atoms with Crippen LogP contribution in [0.2, 0.25) is 0 Å². The zero-order valence-electron chi connectivity index (χ0n) is 15.9. The number of esters is 1. The predicted molar refractivity (Wildman–Crippen MR) is 108 cm³/mol. The molecule has 1 unspecified atom stereocenters. The van der Waals surface area contributed by atoms with Gasteiger partial charge in [0.25, 0.3) is 5.91 Å². The Labute approximate surface area is 168 Å². The van der Waals surface area contributed by atoms with Crippen molar-refractivity contribution < 1.29 is 19.1 Å². The van der Waals surface area contributed by atoms with E-state index in [0.717, 1.165) is 41.8 Å². The minimum absolute atomic E-state index is 0.0731. The van der Waals surface area contributed by atoms with Gasteiger partial charge in [-0.25, -0.2) is 4.79 Å². The average Bonchev–Trinajstić information content (AvgIpc) is 3.36. The summed E-state index contributed by atoms with van der Waals surface area (Å²) in [6.07, 6.45) is 3.20. The van der Waals surface area contributed by atoms with E-state index in [0.29, 0.717) is 30.9 Å². The van der Waals surface area contributed by atoms with Crippen LogP contribution in [0.4, 0.5) is 5.00 Å². The third-order valence-corrected chi connectivity index (χ3v) is 6.28. The molecule has 0 spiro atoms. The molecule has 1 aliphatic carbocycles. The summed E-state index contributed by atoms with van der Waals surface area (Å²) in [6.45, 7) is 3.85. The topological polar surface area (TPSA) is 76.7 Å². The van der Waals surface area contributed by atoms with Crippen LogP contribution in [0.25, 0.3) is 0 Å². The van der Waals surface area contributed by atoms with E-state index >= 15 is 0 Å². The van der Waals surface area contributed by atoms with Gasteiger partial charge in [-0.3, -0.25) is 4.79 Å². The number of nitrogens with one attached hydrogen (secondary N) is 2. The van der Waals surface area contributed by atoms with E-state index < -0.39 is 6.23 Å². The SMILES string of the molecule is CCOCCCNC(=O)c1c(NC2OC(=O)c3ccccc32)sc2c1CCC2. The van der Waals surface area contributed by atoms with Crippen LogP contribution >= 0.6 is 11.3 Å². The number of hydrogen-bond donors (Lipinski definition) is 2. The highest BCUT2D eigenvalue weighted by atomic mass is 32.1. The van der Waals surface area contributed by atoms with Crippen molar-refractivity contribution in [3.63, 3.8) is 0 Å². The lowest BCUT2D eigenvalue weighted by Gasteiger charge is -2.15. The first kappa shape index (κ1) is 19.0. The van der Waals surface area contributed by atoms with Gasteiger partial charge in [-0.1, -0.05) is 18.2 Å². The molecule has 4 rings (SSSR count). The first-order valence-corrected chi connectivity index (χ1v) is 10.6. The number of carbonyl (C=O) groups is 2. The molecule has 6 nitrogen and oxygen atoms in total. The van der Waals surface area contributed by atoms with Gasteiger partial charge in [0.2, 0.25) is 6.23 Å². The van der Waals surface area contributed by atoms with Gasteiger partial charge in [-0.15, -0.1) is 11.3 Å². The van der Waals surface area contributed by atoms with Crippen LogP contribution in [-0.4, -0.2) is 31.6 Å². The Bertz CT molecular complexity index is 893. The maximum Gasteiger partial charge on any atom is 0.340 e. The van der Waals surface area contributed by atoms with Crippen LogP contribution in [0.5, 0.6) is 0 Å². The quantitative estimate of drug-likeness (QED) is 0.522. The molecule has 1 aromatic heterocycles. The van der Waals surface area contributed by atoms with Gasteiger partial charge in [0.05, 0.1) is 11.1 Å². The third kappa shape index (κ3) is 3.64. The smallest absolute Gasteiger partial charge is 0.340 e. The van der Waals surface area contributed by atoms with Gasteiger partial charge in [0, 0.05) is 30.2 Å². The molecule has 0 saturated carbocycles. The molecule has 2 aliphatic rings. The number of rotatable bonds is 8.